The molecule has 0 unspecified atom stereocenters. The largest absolute Gasteiger partial charge is 0.303 e. The first-order chi connectivity index (χ1) is 10.1. The first kappa shape index (κ1) is 16.7. The molecule has 1 aromatic carbocycles. The van der Waals surface area contributed by atoms with E-state index in [9.17, 15) is 4.79 Å². The van der Waals surface area contributed by atoms with E-state index in [4.69, 9.17) is 0 Å². The molecule has 1 aliphatic rings. The second-order valence-electron chi connectivity index (χ2n) is 6.27. The van der Waals surface area contributed by atoms with Crippen LogP contribution in [0, 0.1) is 5.41 Å². The highest BCUT2D eigenvalue weighted by Crippen LogP contribution is 2.36. The van der Waals surface area contributed by atoms with Crippen molar-refractivity contribution in [1.29, 1.82) is 0 Å². The Hall–Kier alpha value is -0.670. The van der Waals surface area contributed by atoms with E-state index in [1.807, 2.05) is 24.3 Å². The maximum atomic E-state index is 12.1. The molecule has 0 atom stereocenters. The summed E-state index contributed by atoms with van der Waals surface area (Å²) in [6.07, 6.45) is 5.50. The second kappa shape index (κ2) is 7.55. The molecule has 2 nitrogen and oxygen atoms in total. The summed E-state index contributed by atoms with van der Waals surface area (Å²) in [6, 6.07) is 7.68. The van der Waals surface area contributed by atoms with Crippen molar-refractivity contribution >= 4 is 21.7 Å². The number of carbonyl (C=O) groups excluding carboxylic acids is 1. The van der Waals surface area contributed by atoms with Crippen LogP contribution in [0.5, 0.6) is 0 Å². The predicted molar refractivity (Wildman–Crippen MR) is 91.8 cm³/mol. The Morgan fingerprint density at radius 2 is 1.90 bits per heavy atom. The number of carbonyl (C=O) groups is 1. The van der Waals surface area contributed by atoms with Gasteiger partial charge in [0.05, 0.1) is 0 Å². The number of nitrogens with zero attached hydrogens (tertiary/aromatic N) is 1. The lowest BCUT2D eigenvalue weighted by Gasteiger charge is -2.26. The van der Waals surface area contributed by atoms with Crippen molar-refractivity contribution in [3.8, 4) is 0 Å². The highest BCUT2D eigenvalue weighted by atomic mass is 79.9. The molecular formula is C18H26BrNO. The van der Waals surface area contributed by atoms with Gasteiger partial charge in [0.15, 0.2) is 5.78 Å². The molecule has 0 saturated carbocycles. The van der Waals surface area contributed by atoms with Crippen LogP contribution < -0.4 is 0 Å². The van der Waals surface area contributed by atoms with Crippen LogP contribution in [0.1, 0.15) is 56.3 Å². The first-order valence-corrected chi connectivity index (χ1v) is 8.89. The van der Waals surface area contributed by atoms with Crippen molar-refractivity contribution in [3.63, 3.8) is 0 Å². The standard InChI is InChI=1S/C18H26BrNO/c1-3-18(4-2)11-13-20(14-18)12-5-6-17(21)15-7-9-16(19)10-8-15/h7-10H,3-6,11-14H2,1-2H3. The third-order valence-corrected chi connectivity index (χ3v) is 5.59. The van der Waals surface area contributed by atoms with Crippen LogP contribution in [-0.2, 0) is 0 Å². The lowest BCUT2D eigenvalue weighted by molar-refractivity contribution is 0.0975. The van der Waals surface area contributed by atoms with Gasteiger partial charge in [-0.2, -0.15) is 0 Å². The Balaban J connectivity index is 1.75. The molecule has 1 aromatic rings. The van der Waals surface area contributed by atoms with Gasteiger partial charge < -0.3 is 4.90 Å². The molecule has 0 aromatic heterocycles. The van der Waals surface area contributed by atoms with Gasteiger partial charge in [-0.1, -0.05) is 41.9 Å². The van der Waals surface area contributed by atoms with Crippen LogP contribution in [0.4, 0.5) is 0 Å². The Labute approximate surface area is 137 Å². The van der Waals surface area contributed by atoms with E-state index >= 15 is 0 Å². The lowest BCUT2D eigenvalue weighted by atomic mass is 9.82. The van der Waals surface area contributed by atoms with Gasteiger partial charge >= 0.3 is 0 Å². The van der Waals surface area contributed by atoms with Crippen LogP contribution >= 0.6 is 15.9 Å². The number of hydrogen-bond acceptors (Lipinski definition) is 2. The Kier molecular flexibility index (Phi) is 6.00. The van der Waals surface area contributed by atoms with Gasteiger partial charge in [-0.15, -0.1) is 0 Å². The Morgan fingerprint density at radius 3 is 2.48 bits per heavy atom. The van der Waals surface area contributed by atoms with E-state index in [1.54, 1.807) is 0 Å². The van der Waals surface area contributed by atoms with Crippen molar-refractivity contribution in [3.05, 3.63) is 34.3 Å². The van der Waals surface area contributed by atoms with Gasteiger partial charge in [0.25, 0.3) is 0 Å². The maximum absolute atomic E-state index is 12.1. The number of halogens is 1. The van der Waals surface area contributed by atoms with Crippen LogP contribution in [0.15, 0.2) is 28.7 Å². The molecule has 21 heavy (non-hydrogen) atoms. The summed E-state index contributed by atoms with van der Waals surface area (Å²) in [4.78, 5) is 14.7. The van der Waals surface area contributed by atoms with Crippen molar-refractivity contribution < 1.29 is 4.79 Å². The molecule has 1 saturated heterocycles. The molecule has 116 valence electrons. The second-order valence-corrected chi connectivity index (χ2v) is 7.18. The van der Waals surface area contributed by atoms with E-state index in [-0.39, 0.29) is 5.78 Å². The number of hydrogen-bond donors (Lipinski definition) is 0. The van der Waals surface area contributed by atoms with Gasteiger partial charge in [-0.25, -0.2) is 0 Å². The highest BCUT2D eigenvalue weighted by Gasteiger charge is 2.34. The molecule has 1 aliphatic heterocycles. The molecular weight excluding hydrogens is 326 g/mol. The zero-order valence-corrected chi connectivity index (χ0v) is 14.8. The number of likely N-dealkylation sites (tertiary alicyclic amines) is 1. The van der Waals surface area contributed by atoms with Gasteiger partial charge in [-0.05, 0) is 56.3 Å². The summed E-state index contributed by atoms with van der Waals surface area (Å²) >= 11 is 3.40. The molecule has 0 spiro atoms. The summed E-state index contributed by atoms with van der Waals surface area (Å²) < 4.78 is 1.02. The highest BCUT2D eigenvalue weighted by molar-refractivity contribution is 9.10. The van der Waals surface area contributed by atoms with E-state index in [0.29, 0.717) is 11.8 Å². The minimum Gasteiger partial charge on any atom is -0.303 e. The summed E-state index contributed by atoms with van der Waals surface area (Å²) in [5.41, 5.74) is 1.37. The van der Waals surface area contributed by atoms with Crippen LogP contribution in [0.2, 0.25) is 0 Å². The van der Waals surface area contributed by atoms with E-state index < -0.39 is 0 Å². The van der Waals surface area contributed by atoms with Crippen molar-refractivity contribution in [1.82, 2.24) is 4.90 Å². The van der Waals surface area contributed by atoms with Crippen molar-refractivity contribution in [2.24, 2.45) is 5.41 Å². The van der Waals surface area contributed by atoms with Crippen LogP contribution in [-0.4, -0.2) is 30.3 Å². The average molecular weight is 352 g/mol. The van der Waals surface area contributed by atoms with E-state index in [2.05, 4.69) is 34.7 Å². The van der Waals surface area contributed by atoms with Crippen LogP contribution in [0.25, 0.3) is 0 Å². The molecule has 0 amide bonds. The van der Waals surface area contributed by atoms with Gasteiger partial charge in [0.2, 0.25) is 0 Å². The van der Waals surface area contributed by atoms with Crippen molar-refractivity contribution in [2.75, 3.05) is 19.6 Å². The monoisotopic (exact) mass is 351 g/mol. The summed E-state index contributed by atoms with van der Waals surface area (Å²) in [6.45, 7) is 8.10. The fourth-order valence-electron chi connectivity index (χ4n) is 3.29. The fourth-order valence-corrected chi connectivity index (χ4v) is 3.55. The third kappa shape index (κ3) is 4.40. The van der Waals surface area contributed by atoms with Gasteiger partial charge in [0.1, 0.15) is 0 Å². The predicted octanol–water partition coefficient (Wildman–Crippen LogP) is 4.92. The smallest absolute Gasteiger partial charge is 0.162 e. The van der Waals surface area contributed by atoms with E-state index in [0.717, 1.165) is 23.0 Å². The Morgan fingerprint density at radius 1 is 1.24 bits per heavy atom. The first-order valence-electron chi connectivity index (χ1n) is 8.10. The zero-order valence-electron chi connectivity index (χ0n) is 13.2. The third-order valence-electron chi connectivity index (χ3n) is 5.06. The topological polar surface area (TPSA) is 20.3 Å². The summed E-state index contributed by atoms with van der Waals surface area (Å²) in [7, 11) is 0. The minimum atomic E-state index is 0.263. The van der Waals surface area contributed by atoms with Gasteiger partial charge in [0, 0.05) is 23.0 Å². The van der Waals surface area contributed by atoms with Gasteiger partial charge in [-0.3, -0.25) is 4.79 Å². The average Bonchev–Trinajstić information content (AvgIpc) is 2.92. The SMILES string of the molecule is CCC1(CC)CCN(CCCC(=O)c2ccc(Br)cc2)C1. The molecule has 1 fully saturated rings. The molecule has 0 aliphatic carbocycles. The number of Topliss-reactive ketones (excluding diaryl/α,β-unsaturated/α-hetero) is 1. The van der Waals surface area contributed by atoms with E-state index in [1.165, 1.54) is 32.4 Å². The molecule has 0 N–H and O–H groups in total. The quantitative estimate of drug-likeness (QED) is 0.649. The van der Waals surface area contributed by atoms with Crippen LogP contribution in [0.3, 0.4) is 0 Å². The molecule has 3 heteroatoms. The molecule has 1 heterocycles. The molecule has 0 bridgehead atoms. The van der Waals surface area contributed by atoms with Crippen molar-refractivity contribution in [2.45, 2.75) is 46.0 Å². The number of rotatable bonds is 7. The Bertz CT molecular complexity index is 465. The minimum absolute atomic E-state index is 0.263. The lowest BCUT2D eigenvalue weighted by Crippen LogP contribution is -2.27. The summed E-state index contributed by atoms with van der Waals surface area (Å²) in [5.74, 6) is 0.263. The summed E-state index contributed by atoms with van der Waals surface area (Å²) in [5, 5.41) is 0. The normalized spacial score (nSPS) is 18.0. The fraction of sp³-hybridized carbons (Fsp3) is 0.611. The maximum Gasteiger partial charge on any atom is 0.162 e. The number of ketones is 1. The molecule has 0 radical (unpaired) electrons. The zero-order chi connectivity index (χ0) is 15.3. The molecule has 2 rings (SSSR count). The number of benzene rings is 1.